The third kappa shape index (κ3) is 3.72. The van der Waals surface area contributed by atoms with Crippen molar-refractivity contribution in [2.45, 2.75) is 25.8 Å². The summed E-state index contributed by atoms with van der Waals surface area (Å²) in [5.41, 5.74) is 0.0711. The van der Waals surface area contributed by atoms with E-state index in [0.29, 0.717) is 12.8 Å². The Labute approximate surface area is 144 Å². The zero-order chi connectivity index (χ0) is 18.0. The van der Waals surface area contributed by atoms with Crippen LogP contribution in [0.1, 0.15) is 19.8 Å². The van der Waals surface area contributed by atoms with Crippen LogP contribution in [0.15, 0.2) is 16.6 Å². The number of nitrogens with one attached hydrogen (secondary N) is 1. The third-order valence-electron chi connectivity index (χ3n) is 3.95. The largest absolute Gasteiger partial charge is 0.474 e. The Morgan fingerprint density at radius 2 is 2.04 bits per heavy atom. The Morgan fingerprint density at radius 3 is 2.58 bits per heavy atom. The number of hydrogen-bond donors (Lipinski definition) is 2. The first kappa shape index (κ1) is 18.3. The number of carboxylic acid groups (broad SMARTS) is 1. The highest BCUT2D eigenvalue weighted by molar-refractivity contribution is 9.10. The van der Waals surface area contributed by atoms with Gasteiger partial charge >= 0.3 is 11.9 Å². The molecule has 1 aliphatic heterocycles. The van der Waals surface area contributed by atoms with E-state index in [1.165, 1.54) is 6.07 Å². The van der Waals surface area contributed by atoms with Crippen molar-refractivity contribution < 1.29 is 28.3 Å². The van der Waals surface area contributed by atoms with Crippen molar-refractivity contribution in [1.29, 1.82) is 0 Å². The quantitative estimate of drug-likeness (QED) is 0.597. The SMILES string of the molecule is CCC1CC(C(=O)Nc2cc(F)c(F)c(Br)c2)CN1C(=O)C(=O)O. The maximum atomic E-state index is 13.4. The van der Waals surface area contributed by atoms with Crippen molar-refractivity contribution in [3.8, 4) is 0 Å². The Morgan fingerprint density at radius 1 is 1.38 bits per heavy atom. The van der Waals surface area contributed by atoms with Crippen LogP contribution < -0.4 is 5.32 Å². The molecule has 0 radical (unpaired) electrons. The minimum Gasteiger partial charge on any atom is -0.474 e. The molecule has 1 fully saturated rings. The number of anilines is 1. The van der Waals surface area contributed by atoms with Gasteiger partial charge in [-0.3, -0.25) is 9.59 Å². The van der Waals surface area contributed by atoms with Gasteiger partial charge in [0.1, 0.15) is 0 Å². The molecular formula is C15H15BrF2N2O4. The lowest BCUT2D eigenvalue weighted by molar-refractivity contribution is -0.156. The molecule has 2 atom stereocenters. The fourth-order valence-electron chi connectivity index (χ4n) is 2.74. The molecule has 9 heteroatoms. The van der Waals surface area contributed by atoms with Crippen molar-refractivity contribution in [2.75, 3.05) is 11.9 Å². The average molecular weight is 405 g/mol. The average Bonchev–Trinajstić information content (AvgIpc) is 2.95. The van der Waals surface area contributed by atoms with Crippen LogP contribution in [-0.2, 0) is 14.4 Å². The van der Waals surface area contributed by atoms with Gasteiger partial charge in [0, 0.05) is 24.3 Å². The zero-order valence-electron chi connectivity index (χ0n) is 12.7. The number of aliphatic carboxylic acids is 1. The standard InChI is InChI=1S/C15H15BrF2N2O4/c1-2-9-3-7(6-20(9)14(22)15(23)24)13(21)19-8-4-10(16)12(18)11(17)5-8/h4-5,7,9H,2-3,6H2,1H3,(H,19,21)(H,23,24). The molecule has 2 amide bonds. The van der Waals surface area contributed by atoms with Crippen LogP contribution >= 0.6 is 15.9 Å². The molecule has 2 unspecified atom stereocenters. The number of carbonyl (C=O) groups is 3. The molecule has 0 spiro atoms. The number of carboxylic acids is 1. The Balaban J connectivity index is 2.11. The Bertz CT molecular complexity index is 675. The lowest BCUT2D eigenvalue weighted by Gasteiger charge is -2.20. The molecule has 1 aromatic carbocycles. The van der Waals surface area contributed by atoms with Crippen LogP contribution in [0.25, 0.3) is 0 Å². The molecule has 130 valence electrons. The van der Waals surface area contributed by atoms with Crippen LogP contribution in [0.5, 0.6) is 0 Å². The van der Waals surface area contributed by atoms with E-state index in [9.17, 15) is 23.2 Å². The van der Waals surface area contributed by atoms with Gasteiger partial charge in [-0.1, -0.05) is 6.92 Å². The second kappa shape index (κ2) is 7.25. The van der Waals surface area contributed by atoms with E-state index in [2.05, 4.69) is 21.2 Å². The Hall–Kier alpha value is -2.03. The van der Waals surface area contributed by atoms with Crippen LogP contribution in [-0.4, -0.2) is 40.4 Å². The van der Waals surface area contributed by atoms with Crippen LogP contribution in [0.2, 0.25) is 0 Å². The molecule has 2 N–H and O–H groups in total. The molecule has 1 aromatic rings. The van der Waals surface area contributed by atoms with Gasteiger partial charge in [0.2, 0.25) is 5.91 Å². The lowest BCUT2D eigenvalue weighted by atomic mass is 10.0. The van der Waals surface area contributed by atoms with Crippen molar-refractivity contribution >= 4 is 39.4 Å². The van der Waals surface area contributed by atoms with E-state index < -0.39 is 35.3 Å². The smallest absolute Gasteiger partial charge is 0.394 e. The monoisotopic (exact) mass is 404 g/mol. The number of rotatable bonds is 3. The van der Waals surface area contributed by atoms with Crippen molar-refractivity contribution in [3.05, 3.63) is 28.2 Å². The molecule has 6 nitrogen and oxygen atoms in total. The normalized spacial score (nSPS) is 20.1. The number of likely N-dealkylation sites (tertiary alicyclic amines) is 1. The summed E-state index contributed by atoms with van der Waals surface area (Å²) in [6, 6.07) is 1.73. The highest BCUT2D eigenvalue weighted by Crippen LogP contribution is 2.28. The Kier molecular flexibility index (Phi) is 5.53. The zero-order valence-corrected chi connectivity index (χ0v) is 14.3. The highest BCUT2D eigenvalue weighted by atomic mass is 79.9. The van der Waals surface area contributed by atoms with Crippen molar-refractivity contribution in [2.24, 2.45) is 5.92 Å². The summed E-state index contributed by atoms with van der Waals surface area (Å²) in [6.45, 7) is 1.76. The summed E-state index contributed by atoms with van der Waals surface area (Å²) >= 11 is 2.85. The van der Waals surface area contributed by atoms with Gasteiger partial charge in [0.05, 0.1) is 10.4 Å². The fourth-order valence-corrected chi connectivity index (χ4v) is 3.17. The molecule has 1 saturated heterocycles. The number of carbonyl (C=O) groups excluding carboxylic acids is 2. The lowest BCUT2D eigenvalue weighted by Crippen LogP contribution is -2.40. The predicted molar refractivity (Wildman–Crippen MR) is 84.2 cm³/mol. The molecule has 0 aromatic heterocycles. The molecule has 0 saturated carbocycles. The maximum Gasteiger partial charge on any atom is 0.394 e. The summed E-state index contributed by atoms with van der Waals surface area (Å²) in [5, 5.41) is 11.3. The summed E-state index contributed by atoms with van der Waals surface area (Å²) in [5.74, 6) is -5.89. The van der Waals surface area contributed by atoms with E-state index in [4.69, 9.17) is 5.11 Å². The van der Waals surface area contributed by atoms with Gasteiger partial charge < -0.3 is 15.3 Å². The first-order chi connectivity index (χ1) is 11.2. The predicted octanol–water partition coefficient (Wildman–Crippen LogP) is 2.38. The number of benzene rings is 1. The van der Waals surface area contributed by atoms with Gasteiger partial charge in [-0.15, -0.1) is 0 Å². The molecular weight excluding hydrogens is 390 g/mol. The molecule has 2 rings (SSSR count). The highest BCUT2D eigenvalue weighted by Gasteiger charge is 2.39. The summed E-state index contributed by atoms with van der Waals surface area (Å²) < 4.78 is 26.5. The second-order valence-corrected chi connectivity index (χ2v) is 6.35. The number of hydrogen-bond acceptors (Lipinski definition) is 3. The molecule has 1 heterocycles. The molecule has 0 aliphatic carbocycles. The van der Waals surface area contributed by atoms with Gasteiger partial charge in [-0.25, -0.2) is 13.6 Å². The minimum atomic E-state index is -1.57. The summed E-state index contributed by atoms with van der Waals surface area (Å²) in [7, 11) is 0. The third-order valence-corrected chi connectivity index (χ3v) is 4.53. The van der Waals surface area contributed by atoms with Gasteiger partial charge in [-0.05, 0) is 34.8 Å². The van der Waals surface area contributed by atoms with Crippen molar-refractivity contribution in [3.63, 3.8) is 0 Å². The van der Waals surface area contributed by atoms with E-state index in [-0.39, 0.29) is 22.7 Å². The summed E-state index contributed by atoms with van der Waals surface area (Å²) in [4.78, 5) is 36.0. The molecule has 24 heavy (non-hydrogen) atoms. The van der Waals surface area contributed by atoms with Gasteiger partial charge in [-0.2, -0.15) is 0 Å². The van der Waals surface area contributed by atoms with E-state index in [1.807, 2.05) is 0 Å². The number of halogens is 3. The molecule has 1 aliphatic rings. The summed E-state index contributed by atoms with van der Waals surface area (Å²) in [6.07, 6.45) is 0.825. The van der Waals surface area contributed by atoms with E-state index >= 15 is 0 Å². The minimum absolute atomic E-state index is 0.0275. The molecule has 0 bridgehead atoms. The first-order valence-electron chi connectivity index (χ1n) is 7.23. The van der Waals surface area contributed by atoms with Crippen LogP contribution in [0.3, 0.4) is 0 Å². The van der Waals surface area contributed by atoms with Crippen LogP contribution in [0.4, 0.5) is 14.5 Å². The first-order valence-corrected chi connectivity index (χ1v) is 8.03. The topological polar surface area (TPSA) is 86.7 Å². The van der Waals surface area contributed by atoms with E-state index in [1.54, 1.807) is 6.92 Å². The fraction of sp³-hybridized carbons (Fsp3) is 0.400. The van der Waals surface area contributed by atoms with Gasteiger partial charge in [0.15, 0.2) is 11.6 Å². The second-order valence-electron chi connectivity index (χ2n) is 5.50. The number of nitrogens with zero attached hydrogens (tertiary/aromatic N) is 1. The maximum absolute atomic E-state index is 13.4. The van der Waals surface area contributed by atoms with E-state index in [0.717, 1.165) is 11.0 Å². The van der Waals surface area contributed by atoms with Crippen molar-refractivity contribution in [1.82, 2.24) is 4.90 Å². The number of amides is 2. The van der Waals surface area contributed by atoms with Crippen LogP contribution in [0, 0.1) is 17.6 Å². The van der Waals surface area contributed by atoms with Gasteiger partial charge in [0.25, 0.3) is 0 Å².